The van der Waals surface area contributed by atoms with Crippen molar-refractivity contribution >= 4 is 23.4 Å². The van der Waals surface area contributed by atoms with Crippen LogP contribution in [0.2, 0.25) is 0 Å². The quantitative estimate of drug-likeness (QED) is 0.457. The van der Waals surface area contributed by atoms with E-state index in [0.717, 1.165) is 6.08 Å². The second-order valence-corrected chi connectivity index (χ2v) is 5.02. The number of hydrogen-bond donors (Lipinski definition) is 2. The van der Waals surface area contributed by atoms with Crippen molar-refractivity contribution in [2.45, 2.75) is 6.92 Å². The van der Waals surface area contributed by atoms with E-state index < -0.39 is 17.7 Å². The fraction of sp³-hybridized carbons (Fsp3) is 0.105. The van der Waals surface area contributed by atoms with Crippen LogP contribution < -0.4 is 5.32 Å². The molecule has 0 bridgehead atoms. The first-order chi connectivity index (χ1) is 12.0. The maximum absolute atomic E-state index is 12.1. The normalized spacial score (nSPS) is 10.8. The number of ketones is 1. The molecule has 2 aromatic carbocycles. The smallest absolute Gasteiger partial charge is 0.352 e. The van der Waals surface area contributed by atoms with Crippen molar-refractivity contribution in [3.8, 4) is 0 Å². The molecule has 0 unspecified atom stereocenters. The summed E-state index contributed by atoms with van der Waals surface area (Å²) in [6.07, 6.45) is 1.02. The highest BCUT2D eigenvalue weighted by Gasteiger charge is 2.12. The Labute approximate surface area is 144 Å². The number of carbonyl (C=O) groups is 3. The minimum absolute atomic E-state index is 0.266. The van der Waals surface area contributed by atoms with Crippen molar-refractivity contribution in [1.29, 1.82) is 0 Å². The molecule has 0 amide bonds. The predicted molar refractivity (Wildman–Crippen MR) is 92.5 cm³/mol. The van der Waals surface area contributed by atoms with Gasteiger partial charge in [-0.2, -0.15) is 0 Å². The van der Waals surface area contributed by atoms with E-state index in [1.807, 2.05) is 0 Å². The Balaban J connectivity index is 2.16. The van der Waals surface area contributed by atoms with E-state index in [0.29, 0.717) is 16.8 Å². The molecule has 0 radical (unpaired) electrons. The first kappa shape index (κ1) is 17.9. The number of carboxylic acid groups (broad SMARTS) is 1. The van der Waals surface area contributed by atoms with Gasteiger partial charge in [-0.15, -0.1) is 0 Å². The summed E-state index contributed by atoms with van der Waals surface area (Å²) < 4.78 is 4.88. The van der Waals surface area contributed by atoms with E-state index in [-0.39, 0.29) is 12.3 Å². The standard InChI is InChI=1S/C19H17NO5/c1-2-25-19(24)14-8-10-15(11-9-14)20-16(18(22)23)12-17(21)13-6-4-3-5-7-13/h3-12,20H,2H2,1H3,(H,22,23)/b16-12+. The van der Waals surface area contributed by atoms with Gasteiger partial charge in [0.25, 0.3) is 0 Å². The average molecular weight is 339 g/mol. The number of carboxylic acids is 1. The highest BCUT2D eigenvalue weighted by Crippen LogP contribution is 2.14. The number of aliphatic carboxylic acids is 1. The molecule has 25 heavy (non-hydrogen) atoms. The Hall–Kier alpha value is -3.41. The molecule has 0 aliphatic rings. The number of ether oxygens (including phenoxy) is 1. The van der Waals surface area contributed by atoms with Crippen molar-refractivity contribution < 1.29 is 24.2 Å². The summed E-state index contributed by atoms with van der Waals surface area (Å²) in [5, 5.41) is 12.0. The van der Waals surface area contributed by atoms with Crippen LogP contribution in [0.3, 0.4) is 0 Å². The largest absolute Gasteiger partial charge is 0.477 e. The van der Waals surface area contributed by atoms with Crippen LogP contribution in [-0.2, 0) is 9.53 Å². The van der Waals surface area contributed by atoms with E-state index in [4.69, 9.17) is 4.74 Å². The van der Waals surface area contributed by atoms with Gasteiger partial charge in [0.15, 0.2) is 5.78 Å². The highest BCUT2D eigenvalue weighted by molar-refractivity contribution is 6.09. The Kier molecular flexibility index (Phi) is 6.06. The summed E-state index contributed by atoms with van der Waals surface area (Å²) in [4.78, 5) is 35.1. The van der Waals surface area contributed by atoms with Gasteiger partial charge >= 0.3 is 11.9 Å². The minimum atomic E-state index is -1.27. The predicted octanol–water partition coefficient (Wildman–Crippen LogP) is 3.13. The van der Waals surface area contributed by atoms with Gasteiger partial charge in [0.2, 0.25) is 0 Å². The van der Waals surface area contributed by atoms with Gasteiger partial charge in [-0.1, -0.05) is 30.3 Å². The van der Waals surface area contributed by atoms with E-state index in [1.165, 1.54) is 24.3 Å². The molecular weight excluding hydrogens is 322 g/mol. The highest BCUT2D eigenvalue weighted by atomic mass is 16.5. The van der Waals surface area contributed by atoms with Gasteiger partial charge in [0.05, 0.1) is 12.2 Å². The molecular formula is C19H17NO5. The number of benzene rings is 2. The zero-order valence-corrected chi connectivity index (χ0v) is 13.6. The van der Waals surface area contributed by atoms with Crippen molar-refractivity contribution in [3.63, 3.8) is 0 Å². The Bertz CT molecular complexity index is 794. The number of hydrogen-bond acceptors (Lipinski definition) is 5. The zero-order chi connectivity index (χ0) is 18.2. The van der Waals surface area contributed by atoms with Gasteiger partial charge < -0.3 is 15.2 Å². The molecule has 0 heterocycles. The molecule has 2 rings (SSSR count). The third kappa shape index (κ3) is 5.04. The fourth-order valence-electron chi connectivity index (χ4n) is 2.03. The number of anilines is 1. The van der Waals surface area contributed by atoms with E-state index >= 15 is 0 Å². The van der Waals surface area contributed by atoms with Crippen molar-refractivity contribution in [3.05, 3.63) is 77.5 Å². The van der Waals surface area contributed by atoms with Crippen LogP contribution in [0.15, 0.2) is 66.4 Å². The lowest BCUT2D eigenvalue weighted by Crippen LogP contribution is -2.13. The molecule has 0 aromatic heterocycles. The first-order valence-electron chi connectivity index (χ1n) is 7.60. The molecule has 0 saturated carbocycles. The van der Waals surface area contributed by atoms with Crippen LogP contribution in [0, 0.1) is 0 Å². The summed E-state index contributed by atoms with van der Waals surface area (Å²) in [5.41, 5.74) is 0.912. The molecule has 6 heteroatoms. The SMILES string of the molecule is CCOC(=O)c1ccc(N/C(=C/C(=O)c2ccccc2)C(=O)O)cc1. The summed E-state index contributed by atoms with van der Waals surface area (Å²) in [6.45, 7) is 1.98. The maximum Gasteiger partial charge on any atom is 0.352 e. The Morgan fingerprint density at radius 2 is 1.64 bits per heavy atom. The minimum Gasteiger partial charge on any atom is -0.477 e. The molecule has 2 N–H and O–H groups in total. The van der Waals surface area contributed by atoms with Crippen LogP contribution in [0.1, 0.15) is 27.6 Å². The van der Waals surface area contributed by atoms with Gasteiger partial charge in [0, 0.05) is 17.3 Å². The average Bonchev–Trinajstić information content (AvgIpc) is 2.62. The molecule has 0 atom stereocenters. The topological polar surface area (TPSA) is 92.7 Å². The van der Waals surface area contributed by atoms with Crippen LogP contribution >= 0.6 is 0 Å². The molecule has 0 spiro atoms. The van der Waals surface area contributed by atoms with Gasteiger partial charge in [-0.3, -0.25) is 4.79 Å². The van der Waals surface area contributed by atoms with Crippen molar-refractivity contribution in [1.82, 2.24) is 0 Å². The molecule has 0 aliphatic carbocycles. The molecule has 0 fully saturated rings. The van der Waals surface area contributed by atoms with Gasteiger partial charge in [-0.05, 0) is 31.2 Å². The number of allylic oxidation sites excluding steroid dienone is 1. The molecule has 2 aromatic rings. The van der Waals surface area contributed by atoms with Crippen LogP contribution in [0.5, 0.6) is 0 Å². The lowest BCUT2D eigenvalue weighted by molar-refractivity contribution is -0.132. The van der Waals surface area contributed by atoms with Crippen LogP contribution in [0.25, 0.3) is 0 Å². The number of carbonyl (C=O) groups excluding carboxylic acids is 2. The third-order valence-corrected chi connectivity index (χ3v) is 3.24. The van der Waals surface area contributed by atoms with Crippen LogP contribution in [-0.4, -0.2) is 29.4 Å². The van der Waals surface area contributed by atoms with E-state index in [1.54, 1.807) is 37.3 Å². The second-order valence-electron chi connectivity index (χ2n) is 5.02. The van der Waals surface area contributed by atoms with Gasteiger partial charge in [0.1, 0.15) is 5.70 Å². The molecule has 128 valence electrons. The van der Waals surface area contributed by atoms with E-state index in [9.17, 15) is 19.5 Å². The van der Waals surface area contributed by atoms with Crippen molar-refractivity contribution in [2.24, 2.45) is 0 Å². The zero-order valence-electron chi connectivity index (χ0n) is 13.6. The second kappa shape index (κ2) is 8.44. The third-order valence-electron chi connectivity index (χ3n) is 3.24. The summed E-state index contributed by atoms with van der Waals surface area (Å²) in [5.74, 6) is -2.14. The molecule has 0 saturated heterocycles. The molecule has 0 aliphatic heterocycles. The first-order valence-corrected chi connectivity index (χ1v) is 7.60. The number of esters is 1. The van der Waals surface area contributed by atoms with Crippen molar-refractivity contribution in [2.75, 3.05) is 11.9 Å². The summed E-state index contributed by atoms with van der Waals surface area (Å²) in [7, 11) is 0. The van der Waals surface area contributed by atoms with Crippen LogP contribution in [0.4, 0.5) is 5.69 Å². The lowest BCUT2D eigenvalue weighted by atomic mass is 10.1. The maximum atomic E-state index is 12.1. The summed E-state index contributed by atoms with van der Waals surface area (Å²) in [6, 6.07) is 14.5. The summed E-state index contributed by atoms with van der Waals surface area (Å²) >= 11 is 0. The number of rotatable bonds is 7. The fourth-order valence-corrected chi connectivity index (χ4v) is 2.03. The Morgan fingerprint density at radius 3 is 2.20 bits per heavy atom. The monoisotopic (exact) mass is 339 g/mol. The van der Waals surface area contributed by atoms with Gasteiger partial charge in [-0.25, -0.2) is 9.59 Å². The molecule has 6 nitrogen and oxygen atoms in total. The Morgan fingerprint density at radius 1 is 1.00 bits per heavy atom. The number of nitrogens with one attached hydrogen (secondary N) is 1. The lowest BCUT2D eigenvalue weighted by Gasteiger charge is -2.08. The van der Waals surface area contributed by atoms with E-state index in [2.05, 4.69) is 5.32 Å².